The van der Waals surface area contributed by atoms with E-state index in [4.69, 9.17) is 29.7 Å². The Morgan fingerprint density at radius 1 is 0.659 bits per heavy atom. The first kappa shape index (κ1) is 38.0. The van der Waals surface area contributed by atoms with Gasteiger partial charge in [-0.1, -0.05) is 12.1 Å². The lowest BCUT2D eigenvalue weighted by Gasteiger charge is -2.21. The zero-order chi connectivity index (χ0) is 33.9. The monoisotopic (exact) mass is 653 g/mol. The Morgan fingerprint density at radius 3 is 1.32 bits per heavy atom. The molecule has 0 spiro atoms. The summed E-state index contributed by atoms with van der Waals surface area (Å²) in [6.45, 7) is 6.51. The number of hydrogen-bond donors (Lipinski definition) is 3. The number of hydrogen-bond acceptors (Lipinski definition) is 6. The second kappa shape index (κ2) is 16.2. The van der Waals surface area contributed by atoms with Crippen molar-refractivity contribution in [3.8, 4) is 0 Å². The van der Waals surface area contributed by atoms with Crippen LogP contribution >= 0.6 is 0 Å². The summed E-state index contributed by atoms with van der Waals surface area (Å²) < 4.78 is 109. The van der Waals surface area contributed by atoms with Crippen LogP contribution in [0.25, 0.3) is 0 Å². The second-order valence-electron chi connectivity index (χ2n) is 9.30. The maximum atomic E-state index is 13.3. The largest absolute Gasteiger partial charge is 0.490 e. The highest BCUT2D eigenvalue weighted by Crippen LogP contribution is 2.32. The number of fused-ring (bicyclic) bond motifs is 1. The van der Waals surface area contributed by atoms with Gasteiger partial charge in [0.15, 0.2) is 0 Å². The van der Waals surface area contributed by atoms with Gasteiger partial charge in [0.1, 0.15) is 5.82 Å². The smallest absolute Gasteiger partial charge is 0.475 e. The van der Waals surface area contributed by atoms with E-state index in [1.807, 2.05) is 18.5 Å². The van der Waals surface area contributed by atoms with Crippen molar-refractivity contribution < 1.29 is 73.6 Å². The lowest BCUT2D eigenvalue weighted by molar-refractivity contribution is -0.193. The number of benzene rings is 1. The summed E-state index contributed by atoms with van der Waals surface area (Å²) in [6.07, 6.45) is -11.5. The molecule has 0 radical (unpaired) electrons. The predicted molar refractivity (Wildman–Crippen MR) is 129 cm³/mol. The van der Waals surface area contributed by atoms with Crippen molar-refractivity contribution in [1.82, 2.24) is 14.8 Å². The minimum Gasteiger partial charge on any atom is -0.475 e. The summed E-state index contributed by atoms with van der Waals surface area (Å²) in [5.41, 5.74) is 2.43. The van der Waals surface area contributed by atoms with Gasteiger partial charge in [-0.05, 0) is 47.2 Å². The topological polar surface area (TPSA) is 131 Å². The molecule has 2 aliphatic rings. The molecule has 44 heavy (non-hydrogen) atoms. The summed E-state index contributed by atoms with van der Waals surface area (Å²) in [7, 11) is 0. The van der Waals surface area contributed by atoms with E-state index in [9.17, 15) is 43.9 Å². The van der Waals surface area contributed by atoms with Crippen LogP contribution in [-0.2, 0) is 27.5 Å². The summed E-state index contributed by atoms with van der Waals surface area (Å²) >= 11 is 0. The van der Waals surface area contributed by atoms with Crippen LogP contribution in [-0.4, -0.2) is 92.7 Å². The average molecular weight is 653 g/mol. The van der Waals surface area contributed by atoms with Gasteiger partial charge in [0, 0.05) is 51.7 Å². The highest BCUT2D eigenvalue weighted by Gasteiger charge is 2.40. The Labute approximate surface area is 242 Å². The Balaban J connectivity index is 0.000000379. The highest BCUT2D eigenvalue weighted by molar-refractivity contribution is 5.73. The fourth-order valence-electron chi connectivity index (χ4n) is 4.09. The van der Waals surface area contributed by atoms with Gasteiger partial charge in [-0.3, -0.25) is 14.8 Å². The van der Waals surface area contributed by atoms with E-state index in [0.29, 0.717) is 0 Å². The fourth-order valence-corrected chi connectivity index (χ4v) is 4.09. The molecular formula is C25H25F10N3O6. The molecule has 0 aliphatic carbocycles. The molecule has 2 unspecified atom stereocenters. The second-order valence-corrected chi connectivity index (χ2v) is 9.30. The predicted octanol–water partition coefficient (Wildman–Crippen LogP) is 4.68. The molecular weight excluding hydrogens is 628 g/mol. The average Bonchev–Trinajstić information content (AvgIpc) is 3.42. The Kier molecular flexibility index (Phi) is 14.0. The first-order valence-corrected chi connectivity index (χ1v) is 12.1. The van der Waals surface area contributed by atoms with Crippen molar-refractivity contribution in [3.05, 3.63) is 65.7 Å². The Morgan fingerprint density at radius 2 is 1.00 bits per heavy atom. The van der Waals surface area contributed by atoms with Gasteiger partial charge in [-0.15, -0.1) is 0 Å². The maximum Gasteiger partial charge on any atom is 0.490 e. The van der Waals surface area contributed by atoms with Crippen LogP contribution in [0.1, 0.15) is 11.1 Å². The third-order valence-corrected chi connectivity index (χ3v) is 5.82. The molecule has 0 saturated carbocycles. The van der Waals surface area contributed by atoms with E-state index in [2.05, 4.69) is 26.9 Å². The first-order chi connectivity index (χ1) is 20.1. The van der Waals surface area contributed by atoms with E-state index in [0.717, 1.165) is 43.6 Å². The number of nitrogens with zero attached hydrogens (tertiary/aromatic N) is 3. The molecule has 0 bridgehead atoms. The number of aliphatic carboxylic acids is 3. The van der Waals surface area contributed by atoms with E-state index in [-0.39, 0.29) is 5.82 Å². The zero-order valence-corrected chi connectivity index (χ0v) is 22.2. The van der Waals surface area contributed by atoms with Crippen molar-refractivity contribution in [1.29, 1.82) is 0 Å². The van der Waals surface area contributed by atoms with Gasteiger partial charge in [-0.2, -0.15) is 39.5 Å². The number of alkyl halides is 9. The Hall–Kier alpha value is -4.00. The lowest BCUT2D eigenvalue weighted by Crippen LogP contribution is -2.28. The molecule has 2 atom stereocenters. The summed E-state index contributed by atoms with van der Waals surface area (Å²) in [4.78, 5) is 35.8. The van der Waals surface area contributed by atoms with E-state index in [1.54, 1.807) is 12.1 Å². The van der Waals surface area contributed by atoms with Crippen LogP contribution in [0.5, 0.6) is 0 Å². The van der Waals surface area contributed by atoms with Crippen LogP contribution in [0.4, 0.5) is 43.9 Å². The quantitative estimate of drug-likeness (QED) is 0.403. The summed E-state index contributed by atoms with van der Waals surface area (Å²) in [5, 5.41) is 21.4. The normalized spacial score (nSPS) is 18.4. The van der Waals surface area contributed by atoms with Gasteiger partial charge in [0.2, 0.25) is 0 Å². The van der Waals surface area contributed by atoms with Crippen LogP contribution < -0.4 is 0 Å². The minimum absolute atomic E-state index is 0.134. The minimum atomic E-state index is -5.08. The number of rotatable bonds is 4. The number of carboxylic acids is 3. The number of carbonyl (C=O) groups is 3. The van der Waals surface area contributed by atoms with Crippen LogP contribution in [0.2, 0.25) is 0 Å². The molecule has 1 aromatic carbocycles. The van der Waals surface area contributed by atoms with Gasteiger partial charge >= 0.3 is 36.4 Å². The van der Waals surface area contributed by atoms with Gasteiger partial charge in [0.25, 0.3) is 0 Å². The van der Waals surface area contributed by atoms with Gasteiger partial charge < -0.3 is 15.3 Å². The number of pyridine rings is 1. The molecule has 19 heteroatoms. The fraction of sp³-hybridized carbons (Fsp3) is 0.440. The first-order valence-electron chi connectivity index (χ1n) is 12.1. The molecule has 2 saturated heterocycles. The summed E-state index contributed by atoms with van der Waals surface area (Å²) in [5.74, 6) is -6.89. The van der Waals surface area contributed by atoms with Crippen molar-refractivity contribution in [2.75, 3.05) is 26.2 Å². The van der Waals surface area contributed by atoms with Crippen LogP contribution in [0.3, 0.4) is 0 Å². The molecule has 1 aromatic heterocycles. The van der Waals surface area contributed by atoms with Crippen LogP contribution in [0.15, 0.2) is 48.8 Å². The van der Waals surface area contributed by atoms with Crippen molar-refractivity contribution in [2.24, 2.45) is 11.8 Å². The molecule has 0 amide bonds. The SMILES string of the molecule is Fc1cccc(CN2CC3CN(Cc4ccncc4)CC3C2)c1.O=C(O)C(F)(F)F.O=C(O)C(F)(F)F.O=C(O)C(F)(F)F. The number of aromatic nitrogens is 1. The van der Waals surface area contributed by atoms with Gasteiger partial charge in [-0.25, -0.2) is 18.8 Å². The summed E-state index contributed by atoms with van der Waals surface area (Å²) in [6, 6.07) is 11.2. The van der Waals surface area contributed by atoms with E-state index >= 15 is 0 Å². The van der Waals surface area contributed by atoms with Crippen molar-refractivity contribution in [3.63, 3.8) is 0 Å². The Bertz CT molecular complexity index is 1150. The molecule has 246 valence electrons. The molecule has 2 aliphatic heterocycles. The third kappa shape index (κ3) is 14.5. The molecule has 3 heterocycles. The number of likely N-dealkylation sites (tertiary alicyclic amines) is 2. The van der Waals surface area contributed by atoms with Gasteiger partial charge in [0.05, 0.1) is 0 Å². The standard InChI is InChI=1S/C19H22FN3.3C2HF3O2/c20-19-3-1-2-16(8-19)10-23-13-17-11-22(12-18(17)14-23)9-15-4-6-21-7-5-15;3*3-2(4,5)1(6)7/h1-8,17-18H,9-14H2;3*(H,6,7). The molecule has 3 N–H and O–H groups in total. The maximum absolute atomic E-state index is 13.3. The number of carboxylic acid groups (broad SMARTS) is 3. The van der Waals surface area contributed by atoms with Crippen LogP contribution in [0, 0.1) is 17.7 Å². The number of halogens is 10. The molecule has 2 fully saturated rings. The van der Waals surface area contributed by atoms with E-state index < -0.39 is 36.4 Å². The van der Waals surface area contributed by atoms with E-state index in [1.165, 1.54) is 24.7 Å². The highest BCUT2D eigenvalue weighted by atomic mass is 19.4. The molecule has 4 rings (SSSR count). The van der Waals surface area contributed by atoms with Crippen molar-refractivity contribution >= 4 is 17.9 Å². The zero-order valence-electron chi connectivity index (χ0n) is 22.2. The lowest BCUT2D eigenvalue weighted by atomic mass is 10.0. The molecule has 9 nitrogen and oxygen atoms in total. The van der Waals surface area contributed by atoms with Crippen molar-refractivity contribution in [2.45, 2.75) is 31.6 Å². The molecule has 2 aromatic rings. The third-order valence-electron chi connectivity index (χ3n) is 5.82.